The fraction of sp³-hybridized carbons (Fsp3) is 0.750. The fourth-order valence-corrected chi connectivity index (χ4v) is 4.20. The van der Waals surface area contributed by atoms with Gasteiger partial charge in [0.2, 0.25) is 0 Å². The summed E-state index contributed by atoms with van der Waals surface area (Å²) < 4.78 is 0.470. The molecule has 0 spiro atoms. The zero-order valence-corrected chi connectivity index (χ0v) is 8.91. The van der Waals surface area contributed by atoms with E-state index in [0.717, 1.165) is 5.33 Å². The van der Waals surface area contributed by atoms with Gasteiger partial charge in [0.05, 0.1) is 0 Å². The standard InChI is InChI=1S/C8H10Br2/c9-6-7-3-1-2-4-8(7,10)5-7/h1-2H,3-6H2/t7-,8-/m1/s1. The molecule has 0 bridgehead atoms. The summed E-state index contributed by atoms with van der Waals surface area (Å²) in [7, 11) is 0. The Hall–Kier alpha value is 0.700. The van der Waals surface area contributed by atoms with E-state index in [1.807, 2.05) is 0 Å². The highest BCUT2D eigenvalue weighted by atomic mass is 79.9. The molecule has 2 aliphatic carbocycles. The van der Waals surface area contributed by atoms with E-state index in [1.54, 1.807) is 0 Å². The van der Waals surface area contributed by atoms with Crippen LogP contribution in [-0.4, -0.2) is 9.65 Å². The van der Waals surface area contributed by atoms with Crippen LogP contribution >= 0.6 is 31.9 Å². The summed E-state index contributed by atoms with van der Waals surface area (Å²) >= 11 is 7.38. The van der Waals surface area contributed by atoms with E-state index in [9.17, 15) is 0 Å². The van der Waals surface area contributed by atoms with Gasteiger partial charge in [-0.25, -0.2) is 0 Å². The van der Waals surface area contributed by atoms with E-state index in [2.05, 4.69) is 44.0 Å². The van der Waals surface area contributed by atoms with Crippen LogP contribution in [0, 0.1) is 5.41 Å². The molecule has 2 atom stereocenters. The van der Waals surface area contributed by atoms with E-state index < -0.39 is 0 Å². The molecule has 0 saturated heterocycles. The molecule has 10 heavy (non-hydrogen) atoms. The Bertz CT molecular complexity index is 188. The zero-order chi connectivity index (χ0) is 7.24. The summed E-state index contributed by atoms with van der Waals surface area (Å²) in [5, 5.41) is 1.15. The zero-order valence-electron chi connectivity index (χ0n) is 5.74. The van der Waals surface area contributed by atoms with Gasteiger partial charge in [-0.3, -0.25) is 0 Å². The lowest BCUT2D eigenvalue weighted by Crippen LogP contribution is -2.17. The molecule has 0 unspecified atom stereocenters. The van der Waals surface area contributed by atoms with E-state index >= 15 is 0 Å². The van der Waals surface area contributed by atoms with E-state index in [4.69, 9.17) is 0 Å². The van der Waals surface area contributed by atoms with Crippen molar-refractivity contribution >= 4 is 31.9 Å². The van der Waals surface area contributed by atoms with Gasteiger partial charge in [0, 0.05) is 15.1 Å². The first kappa shape index (κ1) is 7.35. The summed E-state index contributed by atoms with van der Waals surface area (Å²) in [5.74, 6) is 0. The Labute approximate surface area is 78.3 Å². The van der Waals surface area contributed by atoms with E-state index in [0.29, 0.717) is 9.74 Å². The predicted octanol–water partition coefficient (Wildman–Crippen LogP) is 3.26. The third-order valence-electron chi connectivity index (χ3n) is 2.82. The van der Waals surface area contributed by atoms with Gasteiger partial charge in [0.1, 0.15) is 0 Å². The summed E-state index contributed by atoms with van der Waals surface area (Å²) in [5.41, 5.74) is 0.571. The number of rotatable bonds is 1. The number of hydrogen-bond acceptors (Lipinski definition) is 0. The highest BCUT2D eigenvalue weighted by Gasteiger charge is 2.64. The topological polar surface area (TPSA) is 0 Å². The first-order chi connectivity index (χ1) is 4.72. The van der Waals surface area contributed by atoms with Crippen molar-refractivity contribution in [2.75, 3.05) is 5.33 Å². The fourth-order valence-electron chi connectivity index (χ4n) is 1.84. The summed E-state index contributed by atoms with van der Waals surface area (Å²) in [6.07, 6.45) is 8.43. The average molecular weight is 266 g/mol. The van der Waals surface area contributed by atoms with Crippen molar-refractivity contribution in [1.82, 2.24) is 0 Å². The van der Waals surface area contributed by atoms with Gasteiger partial charge in [-0.2, -0.15) is 0 Å². The van der Waals surface area contributed by atoms with Crippen molar-refractivity contribution in [2.24, 2.45) is 5.41 Å². The monoisotopic (exact) mass is 264 g/mol. The van der Waals surface area contributed by atoms with Crippen molar-refractivity contribution in [3.05, 3.63) is 12.2 Å². The molecule has 2 rings (SSSR count). The lowest BCUT2D eigenvalue weighted by atomic mass is 9.96. The smallest absolute Gasteiger partial charge is 0.0366 e. The molecule has 0 aromatic carbocycles. The number of fused-ring (bicyclic) bond motifs is 1. The number of hydrogen-bond donors (Lipinski definition) is 0. The minimum Gasteiger partial charge on any atom is -0.0921 e. The highest BCUT2D eigenvalue weighted by molar-refractivity contribution is 9.10. The Kier molecular flexibility index (Phi) is 1.54. The second kappa shape index (κ2) is 2.10. The van der Waals surface area contributed by atoms with Crippen LogP contribution in [0.4, 0.5) is 0 Å². The molecule has 1 fully saturated rings. The Morgan fingerprint density at radius 2 is 2.00 bits per heavy atom. The van der Waals surface area contributed by atoms with Gasteiger partial charge in [0.25, 0.3) is 0 Å². The molecule has 0 aliphatic heterocycles. The van der Waals surface area contributed by atoms with Crippen molar-refractivity contribution in [2.45, 2.75) is 23.6 Å². The van der Waals surface area contributed by atoms with Crippen molar-refractivity contribution < 1.29 is 0 Å². The Balaban J connectivity index is 2.22. The molecule has 2 aliphatic rings. The summed E-state index contributed by atoms with van der Waals surface area (Å²) in [6.45, 7) is 0. The second-order valence-electron chi connectivity index (χ2n) is 3.44. The first-order valence-electron chi connectivity index (χ1n) is 3.62. The van der Waals surface area contributed by atoms with Gasteiger partial charge >= 0.3 is 0 Å². The second-order valence-corrected chi connectivity index (χ2v) is 5.51. The number of allylic oxidation sites excluding steroid dienone is 2. The van der Waals surface area contributed by atoms with Crippen LogP contribution in [0.1, 0.15) is 19.3 Å². The maximum Gasteiger partial charge on any atom is 0.0366 e. The minimum atomic E-state index is 0.470. The molecule has 0 aromatic heterocycles. The normalized spacial score (nSPS) is 50.6. The summed E-state index contributed by atoms with van der Waals surface area (Å²) in [6, 6.07) is 0. The highest BCUT2D eigenvalue weighted by Crippen LogP contribution is 2.68. The van der Waals surface area contributed by atoms with Crippen LogP contribution in [0.15, 0.2) is 12.2 Å². The van der Waals surface area contributed by atoms with Gasteiger partial charge in [-0.05, 0) is 19.3 Å². The van der Waals surface area contributed by atoms with Crippen LogP contribution in [0.2, 0.25) is 0 Å². The molecule has 0 heterocycles. The van der Waals surface area contributed by atoms with Crippen LogP contribution in [-0.2, 0) is 0 Å². The number of alkyl halides is 2. The quantitative estimate of drug-likeness (QED) is 0.504. The molecule has 0 radical (unpaired) electrons. The van der Waals surface area contributed by atoms with Crippen LogP contribution < -0.4 is 0 Å². The third kappa shape index (κ3) is 0.781. The molecule has 0 nitrogen and oxygen atoms in total. The first-order valence-corrected chi connectivity index (χ1v) is 5.54. The van der Waals surface area contributed by atoms with Gasteiger partial charge in [-0.1, -0.05) is 44.0 Å². The maximum absolute atomic E-state index is 3.80. The third-order valence-corrected chi connectivity index (χ3v) is 5.34. The Morgan fingerprint density at radius 3 is 2.50 bits per heavy atom. The van der Waals surface area contributed by atoms with E-state index in [-0.39, 0.29) is 0 Å². The maximum atomic E-state index is 3.80. The molecular formula is C8H10Br2. The van der Waals surface area contributed by atoms with Crippen molar-refractivity contribution in [3.63, 3.8) is 0 Å². The molecule has 0 amide bonds. The number of halogens is 2. The predicted molar refractivity (Wildman–Crippen MR) is 50.9 cm³/mol. The lowest BCUT2D eigenvalue weighted by molar-refractivity contribution is 0.537. The van der Waals surface area contributed by atoms with E-state index in [1.165, 1.54) is 19.3 Å². The lowest BCUT2D eigenvalue weighted by Gasteiger charge is -2.20. The van der Waals surface area contributed by atoms with Crippen LogP contribution in [0.25, 0.3) is 0 Å². The van der Waals surface area contributed by atoms with Gasteiger partial charge in [-0.15, -0.1) is 0 Å². The molecule has 1 saturated carbocycles. The van der Waals surface area contributed by atoms with Gasteiger partial charge in [0.15, 0.2) is 0 Å². The summed E-state index contributed by atoms with van der Waals surface area (Å²) in [4.78, 5) is 0. The molecular weight excluding hydrogens is 256 g/mol. The van der Waals surface area contributed by atoms with Gasteiger partial charge < -0.3 is 0 Å². The Morgan fingerprint density at radius 1 is 1.30 bits per heavy atom. The molecule has 0 aromatic rings. The van der Waals surface area contributed by atoms with Crippen LogP contribution in [0.5, 0.6) is 0 Å². The largest absolute Gasteiger partial charge is 0.0921 e. The SMILES string of the molecule is BrC[C@]12CC=CC[C@@]1(Br)C2. The molecule has 56 valence electrons. The molecule has 2 heteroatoms. The van der Waals surface area contributed by atoms with Crippen LogP contribution in [0.3, 0.4) is 0 Å². The van der Waals surface area contributed by atoms with Crippen molar-refractivity contribution in [3.8, 4) is 0 Å². The van der Waals surface area contributed by atoms with Crippen molar-refractivity contribution in [1.29, 1.82) is 0 Å². The molecule has 0 N–H and O–H groups in total. The average Bonchev–Trinajstić information content (AvgIpc) is 2.56. The minimum absolute atomic E-state index is 0.470.